The molecule has 0 atom stereocenters. The normalized spacial score (nSPS) is 14.0. The van der Waals surface area contributed by atoms with Crippen molar-refractivity contribution in [2.24, 2.45) is 0 Å². The Labute approximate surface area is 244 Å². The summed E-state index contributed by atoms with van der Waals surface area (Å²) in [7, 11) is -1.94. The van der Waals surface area contributed by atoms with Crippen molar-refractivity contribution in [2.45, 2.75) is 30.7 Å². The Morgan fingerprint density at radius 1 is 0.927 bits per heavy atom. The summed E-state index contributed by atoms with van der Waals surface area (Å²) in [6, 6.07) is 27.8. The minimum atomic E-state index is -3.67. The second-order valence-electron chi connectivity index (χ2n) is 10.4. The number of ether oxygens (including phenoxy) is 1. The summed E-state index contributed by atoms with van der Waals surface area (Å²) in [6.45, 7) is 3.17. The van der Waals surface area contributed by atoms with Crippen LogP contribution >= 0.6 is 11.3 Å². The summed E-state index contributed by atoms with van der Waals surface area (Å²) >= 11 is 1.62. The Bertz CT molecular complexity index is 1780. The van der Waals surface area contributed by atoms with Gasteiger partial charge in [0.2, 0.25) is 0 Å². The maximum absolute atomic E-state index is 12.8. The molecule has 4 aromatic carbocycles. The van der Waals surface area contributed by atoms with Gasteiger partial charge in [-0.2, -0.15) is 0 Å². The molecule has 41 heavy (non-hydrogen) atoms. The zero-order valence-electron chi connectivity index (χ0n) is 22.8. The molecule has 210 valence electrons. The first-order chi connectivity index (χ1) is 19.9. The van der Waals surface area contributed by atoms with Crippen LogP contribution in [0.5, 0.6) is 11.5 Å². The number of hydrogen-bond donors (Lipinski definition) is 2. The maximum atomic E-state index is 12.8. The van der Waals surface area contributed by atoms with E-state index in [1.165, 1.54) is 18.4 Å². The van der Waals surface area contributed by atoms with Gasteiger partial charge < -0.3 is 9.84 Å². The van der Waals surface area contributed by atoms with E-state index in [0.29, 0.717) is 12.1 Å². The highest BCUT2D eigenvalue weighted by Gasteiger charge is 2.19. The Hall–Kier alpha value is -3.85. The van der Waals surface area contributed by atoms with Crippen LogP contribution in [0.4, 0.5) is 5.69 Å². The average molecular weight is 585 g/mol. The van der Waals surface area contributed by atoms with E-state index in [1.807, 2.05) is 18.2 Å². The molecule has 0 spiro atoms. The lowest BCUT2D eigenvalue weighted by Gasteiger charge is -2.18. The van der Waals surface area contributed by atoms with Gasteiger partial charge in [-0.25, -0.2) is 8.42 Å². The maximum Gasteiger partial charge on any atom is 0.261 e. The minimum Gasteiger partial charge on any atom is -0.508 e. The molecule has 6 nitrogen and oxygen atoms in total. The molecule has 6 rings (SSSR count). The number of likely N-dealkylation sites (tertiary alicyclic amines) is 1. The molecule has 0 unspecified atom stereocenters. The van der Waals surface area contributed by atoms with Crippen molar-refractivity contribution < 1.29 is 18.3 Å². The third-order valence-electron chi connectivity index (χ3n) is 7.55. The van der Waals surface area contributed by atoms with Gasteiger partial charge in [-0.15, -0.1) is 11.3 Å². The summed E-state index contributed by atoms with van der Waals surface area (Å²) in [4.78, 5) is 3.78. The molecule has 2 N–H and O–H groups in total. The van der Waals surface area contributed by atoms with Gasteiger partial charge in [-0.3, -0.25) is 9.62 Å². The number of nitrogens with zero attached hydrogens (tertiary/aromatic N) is 1. The lowest BCUT2D eigenvalue weighted by Crippen LogP contribution is -2.18. The van der Waals surface area contributed by atoms with Crippen molar-refractivity contribution in [2.75, 3.05) is 24.9 Å². The van der Waals surface area contributed by atoms with Crippen LogP contribution in [0.15, 0.2) is 95.9 Å². The van der Waals surface area contributed by atoms with Crippen LogP contribution in [0.3, 0.4) is 0 Å². The third kappa shape index (κ3) is 5.95. The van der Waals surface area contributed by atoms with Crippen LogP contribution in [0.1, 0.15) is 29.5 Å². The molecular formula is C33H32N2O4S2. The molecule has 2 heterocycles. The Morgan fingerprint density at radius 3 is 2.41 bits per heavy atom. The van der Waals surface area contributed by atoms with Crippen LogP contribution in [-0.4, -0.2) is 38.6 Å². The average Bonchev–Trinajstić information content (AvgIpc) is 3.62. The molecule has 1 aromatic heterocycles. The molecule has 1 aliphatic rings. The fraction of sp³-hybridized carbons (Fsp3) is 0.212. The first kappa shape index (κ1) is 27.3. The number of aromatic hydroxyl groups is 1. The van der Waals surface area contributed by atoms with Crippen molar-refractivity contribution in [3.63, 3.8) is 0 Å². The number of methoxy groups -OCH3 is 1. The number of sulfonamides is 1. The zero-order chi connectivity index (χ0) is 28.4. The monoisotopic (exact) mass is 584 g/mol. The number of thiophene rings is 1. The number of fused-ring (bicyclic) bond motifs is 1. The lowest BCUT2D eigenvalue weighted by atomic mass is 9.97. The highest BCUT2D eigenvalue weighted by molar-refractivity contribution is 7.92. The van der Waals surface area contributed by atoms with Crippen LogP contribution in [-0.2, 0) is 23.0 Å². The topological polar surface area (TPSA) is 78.9 Å². The van der Waals surface area contributed by atoms with E-state index in [2.05, 4.69) is 27.8 Å². The van der Waals surface area contributed by atoms with E-state index >= 15 is 0 Å². The summed E-state index contributed by atoms with van der Waals surface area (Å²) in [6.07, 6.45) is 3.20. The molecule has 1 fully saturated rings. The van der Waals surface area contributed by atoms with Crippen LogP contribution < -0.4 is 9.46 Å². The first-order valence-corrected chi connectivity index (χ1v) is 16.0. The largest absolute Gasteiger partial charge is 0.508 e. The Kier molecular flexibility index (Phi) is 7.71. The molecule has 1 aliphatic heterocycles. The lowest BCUT2D eigenvalue weighted by molar-refractivity contribution is 0.321. The SMILES string of the molecule is COc1cc(Cc2c(-c3ccc(NS(=O)(=O)c4ccccc4)cc3)sc3cc(O)ccc23)ccc1CN1CCCC1. The number of hydrogen-bond acceptors (Lipinski definition) is 6. The number of anilines is 1. The molecule has 0 saturated carbocycles. The fourth-order valence-corrected chi connectivity index (χ4v) is 7.81. The number of phenols is 1. The Morgan fingerprint density at radius 2 is 1.68 bits per heavy atom. The van der Waals surface area contributed by atoms with Crippen LogP contribution in [0.25, 0.3) is 20.5 Å². The summed E-state index contributed by atoms with van der Waals surface area (Å²) in [5.41, 5.74) is 4.99. The van der Waals surface area contributed by atoms with Gasteiger partial charge >= 0.3 is 0 Å². The third-order valence-corrected chi connectivity index (χ3v) is 10.2. The van der Waals surface area contributed by atoms with E-state index in [9.17, 15) is 13.5 Å². The van der Waals surface area contributed by atoms with E-state index in [-0.39, 0.29) is 10.6 Å². The van der Waals surface area contributed by atoms with Crippen molar-refractivity contribution in [3.05, 3.63) is 108 Å². The molecule has 0 radical (unpaired) electrons. The molecular weight excluding hydrogens is 553 g/mol. The first-order valence-electron chi connectivity index (χ1n) is 13.7. The van der Waals surface area contributed by atoms with E-state index in [0.717, 1.165) is 57.0 Å². The molecule has 0 aliphatic carbocycles. The zero-order valence-corrected chi connectivity index (χ0v) is 24.5. The van der Waals surface area contributed by atoms with Crippen molar-refractivity contribution in [1.82, 2.24) is 4.90 Å². The van der Waals surface area contributed by atoms with Gasteiger partial charge in [0.05, 0.1) is 12.0 Å². The highest BCUT2D eigenvalue weighted by atomic mass is 32.2. The van der Waals surface area contributed by atoms with Gasteiger partial charge in [0, 0.05) is 27.4 Å². The fourth-order valence-electron chi connectivity index (χ4n) is 5.47. The predicted molar refractivity (Wildman–Crippen MR) is 166 cm³/mol. The summed E-state index contributed by atoms with van der Waals surface area (Å²) in [5, 5.41) is 11.3. The molecule has 8 heteroatoms. The van der Waals surface area contributed by atoms with Crippen molar-refractivity contribution >= 4 is 37.1 Å². The number of benzene rings is 4. The number of phenolic OH excluding ortho intramolecular Hbond substituents is 1. The minimum absolute atomic E-state index is 0.220. The molecule has 0 bridgehead atoms. The second kappa shape index (κ2) is 11.6. The summed E-state index contributed by atoms with van der Waals surface area (Å²) in [5.74, 6) is 1.14. The quantitative estimate of drug-likeness (QED) is 0.191. The number of nitrogens with one attached hydrogen (secondary N) is 1. The second-order valence-corrected chi connectivity index (χ2v) is 13.1. The predicted octanol–water partition coefficient (Wildman–Crippen LogP) is 7.27. The van der Waals surface area contributed by atoms with Crippen LogP contribution in [0.2, 0.25) is 0 Å². The van der Waals surface area contributed by atoms with Crippen LogP contribution in [0, 0.1) is 0 Å². The standard InChI is InChI=1S/C33H32N2O4S2/c1-39-31-20-23(9-10-25(31)22-35-17-5-6-18-35)19-30-29-16-15-27(36)21-32(29)40-33(30)24-11-13-26(14-12-24)34-41(37,38)28-7-3-2-4-8-28/h2-4,7-16,20-21,34,36H,5-6,17-19,22H2,1H3. The summed E-state index contributed by atoms with van der Waals surface area (Å²) < 4.78 is 35.1. The van der Waals surface area contributed by atoms with Gasteiger partial charge in [0.25, 0.3) is 10.0 Å². The molecule has 1 saturated heterocycles. The molecule has 5 aromatic rings. The van der Waals surface area contributed by atoms with E-state index in [4.69, 9.17) is 4.74 Å². The highest BCUT2D eigenvalue weighted by Crippen LogP contribution is 2.42. The Balaban J connectivity index is 1.31. The van der Waals surface area contributed by atoms with Crippen molar-refractivity contribution in [3.8, 4) is 21.9 Å². The number of rotatable bonds is 9. The van der Waals surface area contributed by atoms with Gasteiger partial charge in [0.1, 0.15) is 11.5 Å². The van der Waals surface area contributed by atoms with Gasteiger partial charge in [0.15, 0.2) is 0 Å². The molecule has 0 amide bonds. The van der Waals surface area contributed by atoms with E-state index < -0.39 is 10.0 Å². The van der Waals surface area contributed by atoms with E-state index in [1.54, 1.807) is 73.0 Å². The van der Waals surface area contributed by atoms with Gasteiger partial charge in [-0.1, -0.05) is 42.5 Å². The van der Waals surface area contributed by atoms with Gasteiger partial charge in [-0.05, 0) is 103 Å². The van der Waals surface area contributed by atoms with Crippen molar-refractivity contribution in [1.29, 1.82) is 0 Å². The smallest absolute Gasteiger partial charge is 0.261 e.